The van der Waals surface area contributed by atoms with Crippen molar-refractivity contribution in [2.45, 2.75) is 52.2 Å². The number of piperidine rings is 1. The molecule has 1 unspecified atom stereocenters. The van der Waals surface area contributed by atoms with Crippen LogP contribution in [0.2, 0.25) is 0 Å². The molecule has 3 nitrogen and oxygen atoms in total. The molecule has 0 N–H and O–H groups in total. The Balaban J connectivity index is 2.17. The second kappa shape index (κ2) is 6.53. The number of hydrogen-bond donors (Lipinski definition) is 0. The fourth-order valence-corrected chi connectivity index (χ4v) is 3.80. The molecule has 0 spiro atoms. The number of aryl methyl sites for hydroxylation is 2. The molecule has 1 aromatic heterocycles. The minimum Gasteiger partial charge on any atom is -0.294 e. The summed E-state index contributed by atoms with van der Waals surface area (Å²) >= 11 is 7.34. The zero-order chi connectivity index (χ0) is 13.1. The molecule has 1 aromatic rings. The standard InChI is InChI=1S/C13H21Br2N3/c1-3-18-12(13(15)10(2)16-18)9-17-7-5-4-6-11(17)8-14/h11H,3-9H2,1-2H3. The van der Waals surface area contributed by atoms with E-state index in [0.29, 0.717) is 6.04 Å². The van der Waals surface area contributed by atoms with Crippen molar-refractivity contribution in [3.05, 3.63) is 15.9 Å². The molecule has 18 heavy (non-hydrogen) atoms. The highest BCUT2D eigenvalue weighted by Gasteiger charge is 2.24. The zero-order valence-electron chi connectivity index (χ0n) is 11.1. The van der Waals surface area contributed by atoms with Crippen LogP contribution in [0, 0.1) is 6.92 Å². The van der Waals surface area contributed by atoms with Crippen molar-refractivity contribution < 1.29 is 0 Å². The molecule has 2 rings (SSSR count). The van der Waals surface area contributed by atoms with Crippen LogP contribution in [-0.4, -0.2) is 32.6 Å². The van der Waals surface area contributed by atoms with Gasteiger partial charge in [0.25, 0.3) is 0 Å². The lowest BCUT2D eigenvalue weighted by Crippen LogP contribution is -2.40. The van der Waals surface area contributed by atoms with Crippen molar-refractivity contribution in [2.24, 2.45) is 0 Å². The lowest BCUT2D eigenvalue weighted by atomic mass is 10.0. The average Bonchev–Trinajstić information content (AvgIpc) is 2.67. The third-order valence-corrected chi connectivity index (χ3v) is 5.51. The van der Waals surface area contributed by atoms with E-state index in [2.05, 4.69) is 60.4 Å². The van der Waals surface area contributed by atoms with Crippen LogP contribution in [0.4, 0.5) is 0 Å². The van der Waals surface area contributed by atoms with Crippen LogP contribution in [0.15, 0.2) is 4.47 Å². The van der Waals surface area contributed by atoms with E-state index in [1.54, 1.807) is 0 Å². The topological polar surface area (TPSA) is 21.1 Å². The number of halogens is 2. The van der Waals surface area contributed by atoms with Gasteiger partial charge in [0.2, 0.25) is 0 Å². The first-order valence-corrected chi connectivity index (χ1v) is 8.60. The maximum atomic E-state index is 4.58. The molecule has 0 saturated carbocycles. The molecule has 1 aliphatic heterocycles. The van der Waals surface area contributed by atoms with Crippen LogP contribution in [0.25, 0.3) is 0 Å². The van der Waals surface area contributed by atoms with Gasteiger partial charge in [0, 0.05) is 24.5 Å². The van der Waals surface area contributed by atoms with Crippen molar-refractivity contribution in [3.8, 4) is 0 Å². The van der Waals surface area contributed by atoms with E-state index in [0.717, 1.165) is 24.1 Å². The van der Waals surface area contributed by atoms with Gasteiger partial charge in [-0.15, -0.1) is 0 Å². The van der Waals surface area contributed by atoms with Gasteiger partial charge in [-0.3, -0.25) is 9.58 Å². The first-order valence-electron chi connectivity index (χ1n) is 6.69. The number of aromatic nitrogens is 2. The maximum absolute atomic E-state index is 4.58. The Morgan fingerprint density at radius 2 is 2.17 bits per heavy atom. The van der Waals surface area contributed by atoms with Crippen molar-refractivity contribution in [3.63, 3.8) is 0 Å². The molecule has 2 heterocycles. The van der Waals surface area contributed by atoms with Gasteiger partial charge in [-0.2, -0.15) is 5.10 Å². The third-order valence-electron chi connectivity index (χ3n) is 3.73. The Labute approximate surface area is 126 Å². The van der Waals surface area contributed by atoms with Gasteiger partial charge < -0.3 is 0 Å². The Kier molecular flexibility index (Phi) is 5.27. The van der Waals surface area contributed by atoms with Crippen LogP contribution in [0.5, 0.6) is 0 Å². The number of rotatable bonds is 4. The summed E-state index contributed by atoms with van der Waals surface area (Å²) in [6.07, 6.45) is 3.99. The molecule has 0 aromatic carbocycles. The van der Waals surface area contributed by atoms with Crippen LogP contribution < -0.4 is 0 Å². The van der Waals surface area contributed by atoms with E-state index in [9.17, 15) is 0 Å². The normalized spacial score (nSPS) is 21.4. The van der Waals surface area contributed by atoms with Crippen LogP contribution in [0.3, 0.4) is 0 Å². The van der Waals surface area contributed by atoms with Gasteiger partial charge in [-0.1, -0.05) is 22.4 Å². The van der Waals surface area contributed by atoms with Gasteiger partial charge >= 0.3 is 0 Å². The highest BCUT2D eigenvalue weighted by Crippen LogP contribution is 2.26. The predicted molar refractivity (Wildman–Crippen MR) is 82.2 cm³/mol. The summed E-state index contributed by atoms with van der Waals surface area (Å²) in [5, 5.41) is 5.65. The molecule has 102 valence electrons. The van der Waals surface area contributed by atoms with Crippen LogP contribution >= 0.6 is 31.9 Å². The average molecular weight is 379 g/mol. The summed E-state index contributed by atoms with van der Waals surface area (Å²) in [4.78, 5) is 2.59. The smallest absolute Gasteiger partial charge is 0.0739 e. The van der Waals surface area contributed by atoms with Crippen molar-refractivity contribution in [1.82, 2.24) is 14.7 Å². The molecule has 0 bridgehead atoms. The fraction of sp³-hybridized carbons (Fsp3) is 0.769. The molecule has 1 fully saturated rings. The maximum Gasteiger partial charge on any atom is 0.0739 e. The molecule has 5 heteroatoms. The minimum absolute atomic E-state index is 0.672. The Bertz CT molecular complexity index is 403. The lowest BCUT2D eigenvalue weighted by molar-refractivity contribution is 0.152. The van der Waals surface area contributed by atoms with Crippen LogP contribution in [0.1, 0.15) is 37.6 Å². The predicted octanol–water partition coefficient (Wildman–Crippen LogP) is 3.72. The van der Waals surface area contributed by atoms with E-state index in [1.165, 1.54) is 36.0 Å². The van der Waals surface area contributed by atoms with Gasteiger partial charge in [0.1, 0.15) is 0 Å². The number of alkyl halides is 1. The van der Waals surface area contributed by atoms with E-state index in [1.807, 2.05) is 0 Å². The SMILES string of the molecule is CCn1nc(C)c(Br)c1CN1CCCCC1CBr. The van der Waals surface area contributed by atoms with Crippen molar-refractivity contribution in [1.29, 1.82) is 0 Å². The first-order chi connectivity index (χ1) is 8.67. The van der Waals surface area contributed by atoms with Gasteiger partial charge in [0.05, 0.1) is 15.9 Å². The van der Waals surface area contributed by atoms with Gasteiger partial charge in [-0.25, -0.2) is 0 Å². The number of hydrogen-bond acceptors (Lipinski definition) is 2. The second-order valence-corrected chi connectivity index (χ2v) is 6.38. The molecule has 0 radical (unpaired) electrons. The summed E-state index contributed by atoms with van der Waals surface area (Å²) in [6, 6.07) is 0.672. The van der Waals surface area contributed by atoms with Gasteiger partial charge in [-0.05, 0) is 49.2 Å². The highest BCUT2D eigenvalue weighted by atomic mass is 79.9. The third kappa shape index (κ3) is 2.99. The number of nitrogens with zero attached hydrogens (tertiary/aromatic N) is 3. The molecule has 1 saturated heterocycles. The summed E-state index contributed by atoms with van der Waals surface area (Å²) in [5.74, 6) is 0. The van der Waals surface area contributed by atoms with E-state index >= 15 is 0 Å². The Hall–Kier alpha value is 0.130. The van der Waals surface area contributed by atoms with Crippen molar-refractivity contribution in [2.75, 3.05) is 11.9 Å². The minimum atomic E-state index is 0.672. The second-order valence-electron chi connectivity index (χ2n) is 4.94. The zero-order valence-corrected chi connectivity index (χ0v) is 14.3. The molecule has 0 aliphatic carbocycles. The first kappa shape index (κ1) is 14.5. The van der Waals surface area contributed by atoms with E-state index in [-0.39, 0.29) is 0 Å². The van der Waals surface area contributed by atoms with Gasteiger partial charge in [0.15, 0.2) is 0 Å². The monoisotopic (exact) mass is 377 g/mol. The molecular formula is C13H21Br2N3. The molecule has 1 atom stereocenters. The fourth-order valence-electron chi connectivity index (χ4n) is 2.66. The van der Waals surface area contributed by atoms with E-state index < -0.39 is 0 Å². The number of likely N-dealkylation sites (tertiary alicyclic amines) is 1. The quantitative estimate of drug-likeness (QED) is 0.744. The molecular weight excluding hydrogens is 358 g/mol. The summed E-state index contributed by atoms with van der Waals surface area (Å²) in [5.41, 5.74) is 2.42. The van der Waals surface area contributed by atoms with Crippen molar-refractivity contribution >= 4 is 31.9 Å². The lowest BCUT2D eigenvalue weighted by Gasteiger charge is -2.34. The molecule has 0 amide bonds. The highest BCUT2D eigenvalue weighted by molar-refractivity contribution is 9.10. The Morgan fingerprint density at radius 1 is 1.39 bits per heavy atom. The van der Waals surface area contributed by atoms with E-state index in [4.69, 9.17) is 0 Å². The largest absolute Gasteiger partial charge is 0.294 e. The summed E-state index contributed by atoms with van der Waals surface area (Å²) in [7, 11) is 0. The summed E-state index contributed by atoms with van der Waals surface area (Å²) in [6.45, 7) is 7.37. The molecule has 1 aliphatic rings. The summed E-state index contributed by atoms with van der Waals surface area (Å²) < 4.78 is 3.31. The Morgan fingerprint density at radius 3 is 2.83 bits per heavy atom. The van der Waals surface area contributed by atoms with Crippen LogP contribution in [-0.2, 0) is 13.1 Å².